The molecule has 1 aromatic heterocycles. The first-order valence-electron chi connectivity index (χ1n) is 14.6. The van der Waals surface area contributed by atoms with Crippen molar-refractivity contribution in [3.8, 4) is 11.5 Å². The largest absolute Gasteiger partial charge is 0.454 e. The molecule has 0 bridgehead atoms. The third-order valence-corrected chi connectivity index (χ3v) is 4.89. The van der Waals surface area contributed by atoms with Crippen molar-refractivity contribution >= 4 is 22.7 Å². The number of hydrogen-bond acceptors (Lipinski definition) is 4. The number of likely N-dealkylation sites (N-methyl/N-ethyl adjacent to an activating group) is 1. The smallest absolute Gasteiger partial charge is 0.245 e. The van der Waals surface area contributed by atoms with Crippen molar-refractivity contribution in [2.75, 3.05) is 20.3 Å². The molecule has 146 valence electrons. The highest BCUT2D eigenvalue weighted by atomic mass is 16.7. The molecule has 3 aliphatic heterocycles. The Labute approximate surface area is 183 Å². The zero-order chi connectivity index (χ0) is 30.2. The van der Waals surface area contributed by atoms with Gasteiger partial charge in [0.15, 0.2) is 11.5 Å². The number of piperazine rings is 1. The van der Waals surface area contributed by atoms with Gasteiger partial charge in [0.2, 0.25) is 18.6 Å². The number of nitrogens with one attached hydrogen (secondary N) is 1. The zero-order valence-corrected chi connectivity index (χ0v) is 14.5. The summed E-state index contributed by atoms with van der Waals surface area (Å²) in [7, 11) is 0. The number of amides is 2. The summed E-state index contributed by atoms with van der Waals surface area (Å²) >= 11 is 0. The second-order valence-electron chi connectivity index (χ2n) is 6.56. The maximum absolute atomic E-state index is 13.8. The van der Waals surface area contributed by atoms with E-state index in [1.54, 1.807) is 6.07 Å². The molecule has 1 saturated heterocycles. The van der Waals surface area contributed by atoms with Crippen molar-refractivity contribution in [3.05, 3.63) is 59.2 Å². The summed E-state index contributed by atoms with van der Waals surface area (Å²) in [6, 6.07) is -3.06. The second kappa shape index (κ2) is 5.76. The minimum absolute atomic E-state index is 0.0736. The molecule has 1 N–H and O–H groups in total. The number of benzene rings is 2. The number of carbonyl (C=O) groups excluding carboxylic acids is 2. The molecule has 2 aromatic carbocycles. The van der Waals surface area contributed by atoms with Crippen LogP contribution in [0.4, 0.5) is 0 Å². The van der Waals surface area contributed by atoms with E-state index in [-0.39, 0.29) is 20.7 Å². The molecule has 7 heteroatoms. The monoisotopic (exact) mass is 401 g/mol. The van der Waals surface area contributed by atoms with Gasteiger partial charge >= 0.3 is 0 Å². The van der Waals surface area contributed by atoms with Gasteiger partial charge in [0.05, 0.1) is 19.4 Å². The molecule has 0 radical (unpaired) electrons. The summed E-state index contributed by atoms with van der Waals surface area (Å²) in [5, 5.41) is 0.0860. The van der Waals surface area contributed by atoms with E-state index in [4.69, 9.17) is 23.2 Å². The molecule has 0 unspecified atom stereocenters. The van der Waals surface area contributed by atoms with Gasteiger partial charge in [0, 0.05) is 36.8 Å². The van der Waals surface area contributed by atoms with Gasteiger partial charge in [-0.05, 0) is 29.3 Å². The fourth-order valence-corrected chi connectivity index (χ4v) is 3.63. The average molecular weight is 401 g/mol. The number of fused-ring (bicyclic) bond motifs is 5. The van der Waals surface area contributed by atoms with E-state index in [0.717, 1.165) is 0 Å². The van der Waals surface area contributed by atoms with Crippen LogP contribution in [0.25, 0.3) is 10.9 Å². The molecule has 29 heavy (non-hydrogen) atoms. The topological polar surface area (TPSA) is 74.9 Å². The number of hydrogen-bond donors (Lipinski definition) is 1. The lowest BCUT2D eigenvalue weighted by Gasteiger charge is -2.46. The van der Waals surface area contributed by atoms with Crippen LogP contribution in [-0.4, -0.2) is 52.9 Å². The van der Waals surface area contributed by atoms with Gasteiger partial charge in [-0.1, -0.05) is 24.2 Å². The first-order chi connectivity index (χ1) is 18.8. The van der Waals surface area contributed by atoms with Crippen molar-refractivity contribution < 1.29 is 35.5 Å². The number of aromatic amines is 1. The lowest BCUT2D eigenvalue weighted by Crippen LogP contribution is -2.62. The van der Waals surface area contributed by atoms with Crippen molar-refractivity contribution in [1.82, 2.24) is 14.8 Å². The number of aromatic nitrogens is 1. The van der Waals surface area contributed by atoms with E-state index >= 15 is 0 Å². The molecule has 0 saturated carbocycles. The van der Waals surface area contributed by atoms with Crippen molar-refractivity contribution in [3.63, 3.8) is 0 Å². The van der Waals surface area contributed by atoms with Crippen LogP contribution >= 0.6 is 0 Å². The van der Waals surface area contributed by atoms with E-state index in [1.165, 1.54) is 18.2 Å². The minimum Gasteiger partial charge on any atom is -0.454 e. The maximum Gasteiger partial charge on any atom is 0.245 e. The maximum atomic E-state index is 13.8. The molecule has 4 heterocycles. The normalized spacial score (nSPS) is 37.8. The van der Waals surface area contributed by atoms with Crippen LogP contribution in [0.15, 0.2) is 42.4 Å². The van der Waals surface area contributed by atoms with Gasteiger partial charge in [0.25, 0.3) is 0 Å². The Hall–Kier alpha value is -3.48. The molecular formula is C22H19N3O4. The third kappa shape index (κ3) is 2.24. The Morgan fingerprint density at radius 2 is 2.14 bits per heavy atom. The van der Waals surface area contributed by atoms with Gasteiger partial charge < -0.3 is 24.3 Å². The van der Waals surface area contributed by atoms with Crippen LogP contribution < -0.4 is 9.47 Å². The van der Waals surface area contributed by atoms with Gasteiger partial charge in [0.1, 0.15) is 8.76 Å². The van der Waals surface area contributed by atoms with E-state index in [1.807, 2.05) is 0 Å². The molecule has 7 nitrogen and oxygen atoms in total. The number of para-hydroxylation sites is 1. The average Bonchev–Trinajstić information content (AvgIpc) is 3.42. The number of rotatable bonds is 1. The predicted molar refractivity (Wildman–Crippen MR) is 105 cm³/mol. The van der Waals surface area contributed by atoms with Crippen LogP contribution in [0.5, 0.6) is 11.5 Å². The van der Waals surface area contributed by atoms with E-state index < -0.39 is 96.9 Å². The molecule has 3 aromatic rings. The highest BCUT2D eigenvalue weighted by Crippen LogP contribution is 2.44. The number of nitrogens with zero attached hydrogens (tertiary/aromatic N) is 2. The fourth-order valence-electron chi connectivity index (χ4n) is 3.63. The number of ether oxygens (including phenoxy) is 2. The lowest BCUT2D eigenvalue weighted by atomic mass is 9.86. The number of carbonyl (C=O) groups is 2. The molecule has 1 fully saturated rings. The highest BCUT2D eigenvalue weighted by molar-refractivity contribution is 5.97. The Morgan fingerprint density at radius 1 is 1.28 bits per heavy atom. The Balaban J connectivity index is 1.78. The fraction of sp³-hybridized carbons (Fsp3) is 0.273. The van der Waals surface area contributed by atoms with Crippen LogP contribution in [0, 0.1) is 0 Å². The van der Waals surface area contributed by atoms with Crippen LogP contribution in [-0.2, 0) is 16.0 Å². The molecule has 2 atom stereocenters. The highest BCUT2D eigenvalue weighted by Gasteiger charge is 2.47. The third-order valence-electron chi connectivity index (χ3n) is 4.89. The number of H-pyrrole nitrogens is 1. The zero-order valence-electron chi connectivity index (χ0n) is 26.5. The molecule has 3 aliphatic rings. The van der Waals surface area contributed by atoms with Crippen molar-refractivity contribution in [1.29, 1.82) is 0 Å². The predicted octanol–water partition coefficient (Wildman–Crippen LogP) is 2.21. The Kier molecular flexibility index (Phi) is 1.69. The minimum atomic E-state index is -3.44. The van der Waals surface area contributed by atoms with Gasteiger partial charge in [-0.15, -0.1) is 0 Å². The second-order valence-corrected chi connectivity index (χ2v) is 6.56. The summed E-state index contributed by atoms with van der Waals surface area (Å²) in [5.74, 6) is -4.31. The lowest BCUT2D eigenvalue weighted by molar-refractivity contribution is -0.157. The molecule has 0 aliphatic carbocycles. The van der Waals surface area contributed by atoms with Gasteiger partial charge in [-0.3, -0.25) is 9.59 Å². The van der Waals surface area contributed by atoms with Crippen molar-refractivity contribution in [2.45, 2.75) is 18.4 Å². The Morgan fingerprint density at radius 3 is 3.03 bits per heavy atom. The van der Waals surface area contributed by atoms with Gasteiger partial charge in [-0.2, -0.15) is 0 Å². The van der Waals surface area contributed by atoms with E-state index in [9.17, 15) is 12.3 Å². The van der Waals surface area contributed by atoms with Crippen molar-refractivity contribution in [2.24, 2.45) is 0 Å². The molecule has 6 rings (SSSR count). The Bertz CT molecular complexity index is 1710. The summed E-state index contributed by atoms with van der Waals surface area (Å²) in [6.45, 7) is -7.28. The summed E-state index contributed by atoms with van der Waals surface area (Å²) < 4.78 is 112. The first kappa shape index (κ1) is 8.49. The van der Waals surface area contributed by atoms with Crippen LogP contribution in [0.2, 0.25) is 0 Å². The molecule has 0 spiro atoms. The first-order valence-corrected chi connectivity index (χ1v) is 8.59. The summed E-state index contributed by atoms with van der Waals surface area (Å²) in [5.41, 5.74) is -1.51. The molecular weight excluding hydrogens is 370 g/mol. The SMILES string of the molecule is [2H]c1c([2H])c([C@]2([2H])c3[nH]c4ccccc4c3C([2H])([2H])[C@]3([2H])C(=O)N(C([2H])([2H])[2H])CC(=O)N23)c([2H])c2c1OC([2H])([2H])O2. The van der Waals surface area contributed by atoms with Crippen LogP contribution in [0.1, 0.15) is 39.3 Å². The summed E-state index contributed by atoms with van der Waals surface area (Å²) in [4.78, 5) is 30.7. The van der Waals surface area contributed by atoms with E-state index in [2.05, 4.69) is 4.98 Å². The van der Waals surface area contributed by atoms with Gasteiger partial charge in [-0.25, -0.2) is 0 Å². The van der Waals surface area contributed by atoms with E-state index in [0.29, 0.717) is 0 Å². The summed E-state index contributed by atoms with van der Waals surface area (Å²) in [6.07, 6.45) is -3.15. The van der Waals surface area contributed by atoms with Crippen LogP contribution in [0.3, 0.4) is 0 Å². The standard InChI is InChI=1S/C22H19N3O4/c1-24-10-19(26)25-16(22(24)27)9-14-13-4-2-3-5-15(13)23-20(14)21(25)12-6-7-17-18(8-12)29-11-28-17/h2-8,16,21,23H,9-11H2,1H3/t16-,21-/m1/s1/i1D3,6D,7D,8D,9D2,11D2,16D,21D. The quantitative estimate of drug-likeness (QED) is 0.678. The molecule has 2 amide bonds.